The molecule has 2 aromatic rings. The second-order valence-electron chi connectivity index (χ2n) is 5.17. The first-order valence-electron chi connectivity index (χ1n) is 7.30. The summed E-state index contributed by atoms with van der Waals surface area (Å²) in [7, 11) is 1.36. The van der Waals surface area contributed by atoms with Crippen LogP contribution < -0.4 is 5.56 Å². The van der Waals surface area contributed by atoms with Crippen LogP contribution in [0.25, 0.3) is 5.69 Å². The molecule has 0 spiro atoms. The van der Waals surface area contributed by atoms with E-state index in [-0.39, 0.29) is 11.5 Å². The van der Waals surface area contributed by atoms with Crippen molar-refractivity contribution < 1.29 is 9.53 Å². The summed E-state index contributed by atoms with van der Waals surface area (Å²) in [6.45, 7) is 1.75. The van der Waals surface area contributed by atoms with Crippen molar-refractivity contribution in [1.82, 2.24) is 9.55 Å². The van der Waals surface area contributed by atoms with Crippen molar-refractivity contribution in [3.8, 4) is 5.69 Å². The first-order valence-corrected chi connectivity index (χ1v) is 9.96. The highest BCUT2D eigenvalue weighted by Gasteiger charge is 2.25. The molecule has 8 heteroatoms. The van der Waals surface area contributed by atoms with Crippen LogP contribution in [0.1, 0.15) is 12.6 Å². The third-order valence-electron chi connectivity index (χ3n) is 3.57. The lowest BCUT2D eigenvalue weighted by molar-refractivity contribution is -0.139. The number of esters is 1. The number of carbonyl (C=O) groups excluding carboxylic acids is 1. The molecule has 0 radical (unpaired) electrons. The van der Waals surface area contributed by atoms with Gasteiger partial charge in [-0.2, -0.15) is 0 Å². The van der Waals surface area contributed by atoms with Gasteiger partial charge in [0.15, 0.2) is 5.16 Å². The number of aromatic nitrogens is 2. The van der Waals surface area contributed by atoms with Gasteiger partial charge in [0.05, 0.1) is 23.4 Å². The van der Waals surface area contributed by atoms with Gasteiger partial charge in [0.1, 0.15) is 5.25 Å². The standard InChI is InChI=1S/C16H15BrN2O3S2/c1-9(15(21)22-2)24-16-18-12-7-8-23-13(12)14(20)19(16)11-5-3-10(17)4-6-11/h3-6,9H,7-8H2,1-2H3. The predicted octanol–water partition coefficient (Wildman–Crippen LogP) is 3.30. The molecule has 3 rings (SSSR count). The summed E-state index contributed by atoms with van der Waals surface area (Å²) in [6.07, 6.45) is 0.774. The molecule has 1 aliphatic heterocycles. The van der Waals surface area contributed by atoms with Gasteiger partial charge in [0, 0.05) is 16.6 Å². The number of carbonyl (C=O) groups is 1. The van der Waals surface area contributed by atoms with E-state index in [9.17, 15) is 9.59 Å². The Morgan fingerprint density at radius 3 is 2.79 bits per heavy atom. The van der Waals surface area contributed by atoms with Gasteiger partial charge >= 0.3 is 5.97 Å². The topological polar surface area (TPSA) is 61.2 Å². The highest BCUT2D eigenvalue weighted by atomic mass is 79.9. The molecule has 0 amide bonds. The van der Waals surface area contributed by atoms with E-state index in [4.69, 9.17) is 4.74 Å². The second kappa shape index (κ2) is 7.33. The van der Waals surface area contributed by atoms with Crippen LogP contribution in [-0.4, -0.2) is 33.6 Å². The number of fused-ring (bicyclic) bond motifs is 1. The zero-order valence-corrected chi connectivity index (χ0v) is 16.3. The highest BCUT2D eigenvalue weighted by Crippen LogP contribution is 2.31. The maximum absolute atomic E-state index is 12.9. The van der Waals surface area contributed by atoms with Gasteiger partial charge in [-0.3, -0.25) is 14.2 Å². The summed E-state index contributed by atoms with van der Waals surface area (Å²) in [6, 6.07) is 7.46. The molecule has 1 aliphatic rings. The van der Waals surface area contributed by atoms with E-state index in [2.05, 4.69) is 20.9 Å². The molecule has 24 heavy (non-hydrogen) atoms. The van der Waals surface area contributed by atoms with Gasteiger partial charge in [-0.1, -0.05) is 27.7 Å². The van der Waals surface area contributed by atoms with Crippen LogP contribution in [0.15, 0.2) is 43.6 Å². The Labute approximate surface area is 156 Å². The number of methoxy groups -OCH3 is 1. The normalized spacial score (nSPS) is 14.3. The molecule has 5 nitrogen and oxygen atoms in total. The summed E-state index contributed by atoms with van der Waals surface area (Å²) < 4.78 is 7.29. The minimum absolute atomic E-state index is 0.0793. The maximum Gasteiger partial charge on any atom is 0.318 e. The minimum Gasteiger partial charge on any atom is -0.468 e. The van der Waals surface area contributed by atoms with Gasteiger partial charge in [-0.25, -0.2) is 4.98 Å². The fourth-order valence-corrected chi connectivity index (χ4v) is 4.62. The average molecular weight is 427 g/mol. The molecule has 1 atom stereocenters. The molecule has 1 aromatic carbocycles. The van der Waals surface area contributed by atoms with Crippen LogP contribution in [0.5, 0.6) is 0 Å². The quantitative estimate of drug-likeness (QED) is 0.424. The van der Waals surface area contributed by atoms with E-state index in [0.717, 1.165) is 28.0 Å². The number of nitrogens with zero attached hydrogens (tertiary/aromatic N) is 2. The third kappa shape index (κ3) is 3.41. The SMILES string of the molecule is COC(=O)C(C)Sc1nc2c(c(=O)n1-c1ccc(Br)cc1)SCC2. The van der Waals surface area contributed by atoms with Crippen molar-refractivity contribution in [2.24, 2.45) is 0 Å². The molecule has 0 bridgehead atoms. The van der Waals surface area contributed by atoms with Crippen LogP contribution >= 0.6 is 39.5 Å². The Hall–Kier alpha value is -1.25. The number of ether oxygens (including phenoxy) is 1. The molecule has 0 N–H and O–H groups in total. The first-order chi connectivity index (χ1) is 11.5. The van der Waals surface area contributed by atoms with E-state index < -0.39 is 5.25 Å². The Kier molecular flexibility index (Phi) is 5.36. The lowest BCUT2D eigenvalue weighted by Crippen LogP contribution is -2.25. The molecule has 1 aromatic heterocycles. The largest absolute Gasteiger partial charge is 0.468 e. The number of thioether (sulfide) groups is 2. The number of benzene rings is 1. The highest BCUT2D eigenvalue weighted by molar-refractivity contribution is 9.10. The van der Waals surface area contributed by atoms with Crippen LogP contribution in [0, 0.1) is 0 Å². The van der Waals surface area contributed by atoms with E-state index in [1.165, 1.54) is 30.6 Å². The van der Waals surface area contributed by atoms with Gasteiger partial charge in [0.2, 0.25) is 0 Å². The Morgan fingerprint density at radius 1 is 1.42 bits per heavy atom. The molecule has 0 aliphatic carbocycles. The number of halogens is 1. The van der Waals surface area contributed by atoms with Gasteiger partial charge in [-0.15, -0.1) is 11.8 Å². The minimum atomic E-state index is -0.448. The maximum atomic E-state index is 12.9. The molecular weight excluding hydrogens is 412 g/mol. The summed E-state index contributed by atoms with van der Waals surface area (Å²) >= 11 is 6.18. The van der Waals surface area contributed by atoms with Crippen LogP contribution in [0.2, 0.25) is 0 Å². The van der Waals surface area contributed by atoms with Crippen molar-refractivity contribution in [1.29, 1.82) is 0 Å². The smallest absolute Gasteiger partial charge is 0.318 e. The molecule has 1 unspecified atom stereocenters. The van der Waals surface area contributed by atoms with Crippen molar-refractivity contribution in [3.05, 3.63) is 44.8 Å². The van der Waals surface area contributed by atoms with Crippen LogP contribution in [0.4, 0.5) is 0 Å². The van der Waals surface area contributed by atoms with Gasteiger partial charge < -0.3 is 4.74 Å². The third-order valence-corrected chi connectivity index (χ3v) is 6.23. The zero-order valence-electron chi connectivity index (χ0n) is 13.1. The van der Waals surface area contributed by atoms with Crippen molar-refractivity contribution in [2.45, 2.75) is 28.6 Å². The molecule has 2 heterocycles. The van der Waals surface area contributed by atoms with Crippen molar-refractivity contribution in [3.63, 3.8) is 0 Å². The number of aryl methyl sites for hydroxylation is 1. The number of rotatable bonds is 4. The van der Waals surface area contributed by atoms with Crippen LogP contribution in [-0.2, 0) is 16.0 Å². The summed E-state index contributed by atoms with van der Waals surface area (Å²) in [5, 5.41) is 0.0668. The van der Waals surface area contributed by atoms with E-state index in [1.807, 2.05) is 24.3 Å². The number of hydrogen-bond acceptors (Lipinski definition) is 6. The predicted molar refractivity (Wildman–Crippen MR) is 99.3 cm³/mol. The first kappa shape index (κ1) is 17.6. The fourth-order valence-electron chi connectivity index (χ4n) is 2.36. The Balaban J connectivity index is 2.12. The molecule has 0 saturated heterocycles. The number of hydrogen-bond donors (Lipinski definition) is 0. The summed E-state index contributed by atoms with van der Waals surface area (Å²) in [5.74, 6) is 0.518. The molecule has 0 saturated carbocycles. The van der Waals surface area contributed by atoms with Gasteiger partial charge in [0.25, 0.3) is 5.56 Å². The second-order valence-corrected chi connectivity index (χ2v) is 8.50. The average Bonchev–Trinajstić information content (AvgIpc) is 3.04. The Bertz CT molecular complexity index is 836. The Morgan fingerprint density at radius 2 is 2.12 bits per heavy atom. The van der Waals surface area contributed by atoms with Crippen LogP contribution in [0.3, 0.4) is 0 Å². The van der Waals surface area contributed by atoms with Crippen molar-refractivity contribution >= 4 is 45.4 Å². The molecular formula is C16H15BrN2O3S2. The zero-order chi connectivity index (χ0) is 17.3. The monoisotopic (exact) mass is 426 g/mol. The molecule has 126 valence electrons. The van der Waals surface area contributed by atoms with E-state index in [1.54, 1.807) is 11.5 Å². The lowest BCUT2D eigenvalue weighted by Gasteiger charge is -2.16. The van der Waals surface area contributed by atoms with Crippen molar-refractivity contribution in [2.75, 3.05) is 12.9 Å². The lowest BCUT2D eigenvalue weighted by atomic mass is 10.3. The molecule has 0 fully saturated rings. The summed E-state index contributed by atoms with van der Waals surface area (Å²) in [4.78, 5) is 30.1. The summed E-state index contributed by atoms with van der Waals surface area (Å²) in [5.41, 5.74) is 1.47. The van der Waals surface area contributed by atoms with Gasteiger partial charge in [-0.05, 0) is 31.2 Å². The van der Waals surface area contributed by atoms with E-state index in [0.29, 0.717) is 10.1 Å². The van der Waals surface area contributed by atoms with E-state index >= 15 is 0 Å². The fraction of sp³-hybridized carbons (Fsp3) is 0.312.